The SMILES string of the molecule is CCCNC(C)c1ccc(O)cc1. The summed E-state index contributed by atoms with van der Waals surface area (Å²) in [5.74, 6) is 0.325. The van der Waals surface area contributed by atoms with E-state index in [4.69, 9.17) is 5.11 Å². The van der Waals surface area contributed by atoms with E-state index in [1.54, 1.807) is 12.1 Å². The molecule has 0 bridgehead atoms. The maximum atomic E-state index is 9.09. The third-order valence-corrected chi connectivity index (χ3v) is 2.09. The molecule has 1 atom stereocenters. The summed E-state index contributed by atoms with van der Waals surface area (Å²) in [5.41, 5.74) is 1.21. The number of phenolic OH excluding ortho intramolecular Hbond substituents is 1. The van der Waals surface area contributed by atoms with Gasteiger partial charge in [-0.05, 0) is 37.6 Å². The zero-order chi connectivity index (χ0) is 9.68. The van der Waals surface area contributed by atoms with Crippen LogP contribution in [-0.2, 0) is 0 Å². The molecule has 1 aromatic rings. The highest BCUT2D eigenvalue weighted by Crippen LogP contribution is 2.15. The van der Waals surface area contributed by atoms with Crippen LogP contribution in [0.4, 0.5) is 0 Å². The summed E-state index contributed by atoms with van der Waals surface area (Å²) >= 11 is 0. The molecule has 0 aromatic heterocycles. The van der Waals surface area contributed by atoms with Crippen molar-refractivity contribution in [1.29, 1.82) is 0 Å². The Labute approximate surface area is 79.6 Å². The maximum absolute atomic E-state index is 9.09. The molecular weight excluding hydrogens is 162 g/mol. The van der Waals surface area contributed by atoms with E-state index in [1.807, 2.05) is 12.1 Å². The number of hydrogen-bond donors (Lipinski definition) is 2. The lowest BCUT2D eigenvalue weighted by molar-refractivity contribution is 0.474. The molecule has 0 radical (unpaired) electrons. The van der Waals surface area contributed by atoms with Crippen LogP contribution in [-0.4, -0.2) is 11.7 Å². The molecule has 0 saturated heterocycles. The van der Waals surface area contributed by atoms with Gasteiger partial charge in [-0.15, -0.1) is 0 Å². The van der Waals surface area contributed by atoms with E-state index in [-0.39, 0.29) is 0 Å². The quantitative estimate of drug-likeness (QED) is 0.744. The van der Waals surface area contributed by atoms with Gasteiger partial charge in [-0.2, -0.15) is 0 Å². The van der Waals surface area contributed by atoms with Gasteiger partial charge in [0.15, 0.2) is 0 Å². The molecule has 2 N–H and O–H groups in total. The second-order valence-electron chi connectivity index (χ2n) is 3.27. The maximum Gasteiger partial charge on any atom is 0.115 e. The van der Waals surface area contributed by atoms with Gasteiger partial charge in [0.05, 0.1) is 0 Å². The first-order valence-corrected chi connectivity index (χ1v) is 4.76. The molecule has 0 heterocycles. The molecule has 13 heavy (non-hydrogen) atoms. The molecule has 1 aromatic carbocycles. The summed E-state index contributed by atoms with van der Waals surface area (Å²) in [6, 6.07) is 7.70. The van der Waals surface area contributed by atoms with Crippen LogP contribution < -0.4 is 5.32 Å². The molecule has 0 spiro atoms. The number of aromatic hydroxyl groups is 1. The molecular formula is C11H17NO. The van der Waals surface area contributed by atoms with E-state index in [9.17, 15) is 0 Å². The summed E-state index contributed by atoms with van der Waals surface area (Å²) in [5, 5.41) is 12.5. The highest BCUT2D eigenvalue weighted by atomic mass is 16.3. The van der Waals surface area contributed by atoms with Crippen molar-refractivity contribution in [3.05, 3.63) is 29.8 Å². The minimum absolute atomic E-state index is 0.325. The Balaban J connectivity index is 2.55. The fourth-order valence-corrected chi connectivity index (χ4v) is 1.24. The van der Waals surface area contributed by atoms with Crippen LogP contribution in [0.2, 0.25) is 0 Å². The van der Waals surface area contributed by atoms with Crippen molar-refractivity contribution in [1.82, 2.24) is 5.32 Å². The summed E-state index contributed by atoms with van der Waals surface area (Å²) < 4.78 is 0. The molecule has 1 rings (SSSR count). The van der Waals surface area contributed by atoms with Gasteiger partial charge in [-0.25, -0.2) is 0 Å². The van der Waals surface area contributed by atoms with Crippen LogP contribution in [0.25, 0.3) is 0 Å². The van der Waals surface area contributed by atoms with Crippen molar-refractivity contribution in [2.45, 2.75) is 26.3 Å². The molecule has 0 aliphatic heterocycles. The Morgan fingerprint density at radius 3 is 2.46 bits per heavy atom. The van der Waals surface area contributed by atoms with E-state index >= 15 is 0 Å². The van der Waals surface area contributed by atoms with Crippen molar-refractivity contribution in [2.24, 2.45) is 0 Å². The van der Waals surface area contributed by atoms with Gasteiger partial charge in [0.2, 0.25) is 0 Å². The zero-order valence-electron chi connectivity index (χ0n) is 8.25. The van der Waals surface area contributed by atoms with Crippen LogP contribution in [0.5, 0.6) is 5.75 Å². The Hall–Kier alpha value is -1.02. The number of phenols is 1. The van der Waals surface area contributed by atoms with E-state index in [1.165, 1.54) is 5.56 Å². The molecule has 0 fully saturated rings. The molecule has 2 heteroatoms. The van der Waals surface area contributed by atoms with Gasteiger partial charge in [-0.1, -0.05) is 19.1 Å². The molecule has 0 aliphatic rings. The zero-order valence-corrected chi connectivity index (χ0v) is 8.25. The standard InChI is InChI=1S/C11H17NO/c1-3-8-12-9(2)10-4-6-11(13)7-5-10/h4-7,9,12-13H,3,8H2,1-2H3. The first kappa shape index (κ1) is 10.1. The number of benzene rings is 1. The predicted octanol–water partition coefficient (Wildman–Crippen LogP) is 2.45. The summed E-state index contributed by atoms with van der Waals surface area (Å²) in [4.78, 5) is 0. The number of nitrogens with one attached hydrogen (secondary N) is 1. The lowest BCUT2D eigenvalue weighted by Crippen LogP contribution is -2.18. The van der Waals surface area contributed by atoms with Crippen LogP contribution >= 0.6 is 0 Å². The average Bonchev–Trinajstić information content (AvgIpc) is 2.15. The van der Waals surface area contributed by atoms with Crippen LogP contribution in [0.15, 0.2) is 24.3 Å². The second kappa shape index (κ2) is 4.87. The highest BCUT2D eigenvalue weighted by molar-refractivity contribution is 5.27. The third kappa shape index (κ3) is 3.07. The summed E-state index contributed by atoms with van der Waals surface area (Å²) in [6.45, 7) is 5.31. The van der Waals surface area contributed by atoms with Gasteiger partial charge >= 0.3 is 0 Å². The molecule has 0 aliphatic carbocycles. The van der Waals surface area contributed by atoms with Crippen molar-refractivity contribution in [3.63, 3.8) is 0 Å². The summed E-state index contributed by atoms with van der Waals surface area (Å²) in [7, 11) is 0. The first-order valence-electron chi connectivity index (χ1n) is 4.76. The Bertz CT molecular complexity index is 243. The van der Waals surface area contributed by atoms with E-state index in [0.717, 1.165) is 13.0 Å². The van der Waals surface area contributed by atoms with Crippen molar-refractivity contribution in [2.75, 3.05) is 6.54 Å². The normalized spacial score (nSPS) is 12.8. The van der Waals surface area contributed by atoms with Crippen molar-refractivity contribution >= 4 is 0 Å². The predicted molar refractivity (Wildman–Crippen MR) is 54.8 cm³/mol. The van der Waals surface area contributed by atoms with Crippen LogP contribution in [0, 0.1) is 0 Å². The topological polar surface area (TPSA) is 32.3 Å². The van der Waals surface area contributed by atoms with Gasteiger partial charge in [0, 0.05) is 6.04 Å². The van der Waals surface area contributed by atoms with E-state index in [0.29, 0.717) is 11.8 Å². The van der Waals surface area contributed by atoms with Crippen LogP contribution in [0.1, 0.15) is 31.9 Å². The fourth-order valence-electron chi connectivity index (χ4n) is 1.24. The third-order valence-electron chi connectivity index (χ3n) is 2.09. The van der Waals surface area contributed by atoms with Crippen molar-refractivity contribution < 1.29 is 5.11 Å². The number of rotatable bonds is 4. The first-order chi connectivity index (χ1) is 6.24. The summed E-state index contributed by atoms with van der Waals surface area (Å²) in [6.07, 6.45) is 1.14. The lowest BCUT2D eigenvalue weighted by atomic mass is 10.1. The highest BCUT2D eigenvalue weighted by Gasteiger charge is 2.02. The lowest BCUT2D eigenvalue weighted by Gasteiger charge is -2.13. The smallest absolute Gasteiger partial charge is 0.115 e. The fraction of sp³-hybridized carbons (Fsp3) is 0.455. The van der Waals surface area contributed by atoms with Gasteiger partial charge in [0.25, 0.3) is 0 Å². The van der Waals surface area contributed by atoms with E-state index in [2.05, 4.69) is 19.2 Å². The van der Waals surface area contributed by atoms with Gasteiger partial charge in [0.1, 0.15) is 5.75 Å². The molecule has 1 unspecified atom stereocenters. The van der Waals surface area contributed by atoms with E-state index < -0.39 is 0 Å². The second-order valence-corrected chi connectivity index (χ2v) is 3.27. The largest absolute Gasteiger partial charge is 0.508 e. The monoisotopic (exact) mass is 179 g/mol. The number of hydrogen-bond acceptors (Lipinski definition) is 2. The molecule has 0 saturated carbocycles. The Kier molecular flexibility index (Phi) is 3.77. The molecule has 2 nitrogen and oxygen atoms in total. The molecule has 0 amide bonds. The van der Waals surface area contributed by atoms with Gasteiger partial charge in [-0.3, -0.25) is 0 Å². The molecule has 72 valence electrons. The minimum Gasteiger partial charge on any atom is -0.508 e. The van der Waals surface area contributed by atoms with Gasteiger partial charge < -0.3 is 10.4 Å². The van der Waals surface area contributed by atoms with Crippen molar-refractivity contribution in [3.8, 4) is 5.75 Å². The average molecular weight is 179 g/mol. The Morgan fingerprint density at radius 1 is 1.31 bits per heavy atom. The van der Waals surface area contributed by atoms with Crippen LogP contribution in [0.3, 0.4) is 0 Å². The minimum atomic E-state index is 0.325. The Morgan fingerprint density at radius 2 is 1.92 bits per heavy atom.